The zero-order valence-corrected chi connectivity index (χ0v) is 7.25. The van der Waals surface area contributed by atoms with Gasteiger partial charge in [0.15, 0.2) is 6.29 Å². The van der Waals surface area contributed by atoms with E-state index in [1.54, 1.807) is 0 Å². The van der Waals surface area contributed by atoms with Crippen LogP contribution in [0, 0.1) is 0 Å². The van der Waals surface area contributed by atoms with Gasteiger partial charge in [0.25, 0.3) is 0 Å². The van der Waals surface area contributed by atoms with E-state index < -0.39 is 0 Å². The third-order valence-electron chi connectivity index (χ3n) is 0.898. The molecule has 3 heteroatoms. The van der Waals surface area contributed by atoms with E-state index >= 15 is 0 Å². The molecule has 0 heterocycles. The summed E-state index contributed by atoms with van der Waals surface area (Å²) in [5.74, 6) is 0. The van der Waals surface area contributed by atoms with Crippen molar-refractivity contribution in [1.29, 1.82) is 0 Å². The number of rotatable bonds is 5. The van der Waals surface area contributed by atoms with Gasteiger partial charge in [-0.15, -0.1) is 9.24 Å². The van der Waals surface area contributed by atoms with E-state index in [1.165, 1.54) is 0 Å². The third-order valence-corrected chi connectivity index (χ3v) is 1.28. The summed E-state index contributed by atoms with van der Waals surface area (Å²) in [5, 5.41) is 0. The van der Waals surface area contributed by atoms with Crippen molar-refractivity contribution in [1.82, 2.24) is 0 Å². The highest BCUT2D eigenvalue weighted by Gasteiger charge is 2.01. The summed E-state index contributed by atoms with van der Waals surface area (Å²) >= 11 is 0. The molecule has 0 rings (SSSR count). The minimum Gasteiger partial charge on any atom is -0.353 e. The fraction of sp³-hybridized carbons (Fsp3) is 1.00. The molecule has 0 radical (unpaired) electrons. The molecule has 0 spiro atoms. The summed E-state index contributed by atoms with van der Waals surface area (Å²) in [6.45, 7) is 5.37. The van der Waals surface area contributed by atoms with Gasteiger partial charge in [-0.2, -0.15) is 0 Å². The van der Waals surface area contributed by atoms with E-state index in [-0.39, 0.29) is 6.29 Å². The molecule has 0 aliphatic rings. The van der Waals surface area contributed by atoms with Crippen LogP contribution < -0.4 is 0 Å². The Morgan fingerprint density at radius 3 is 1.89 bits per heavy atom. The summed E-state index contributed by atoms with van der Waals surface area (Å²) in [6, 6.07) is 0. The lowest BCUT2D eigenvalue weighted by Gasteiger charge is -2.13. The molecular weight excluding hydrogens is 135 g/mol. The van der Waals surface area contributed by atoms with E-state index in [0.29, 0.717) is 0 Å². The van der Waals surface area contributed by atoms with Crippen molar-refractivity contribution in [3.8, 4) is 0 Å². The van der Waals surface area contributed by atoms with Crippen LogP contribution in [0.25, 0.3) is 0 Å². The first-order valence-electron chi connectivity index (χ1n) is 3.28. The lowest BCUT2D eigenvalue weighted by atomic mass is 10.7. The van der Waals surface area contributed by atoms with Crippen molar-refractivity contribution < 1.29 is 9.47 Å². The van der Waals surface area contributed by atoms with Gasteiger partial charge in [0.05, 0.1) is 0 Å². The smallest absolute Gasteiger partial charge is 0.160 e. The van der Waals surface area contributed by atoms with E-state index in [4.69, 9.17) is 9.47 Å². The molecule has 0 N–H and O–H groups in total. The van der Waals surface area contributed by atoms with Crippen molar-refractivity contribution in [3.63, 3.8) is 0 Å². The average molecular weight is 150 g/mol. The number of hydrogen-bond donors (Lipinski definition) is 0. The Morgan fingerprint density at radius 1 is 1.22 bits per heavy atom. The molecule has 0 aliphatic carbocycles. The van der Waals surface area contributed by atoms with Crippen molar-refractivity contribution in [2.24, 2.45) is 0 Å². The van der Waals surface area contributed by atoms with Gasteiger partial charge in [-0.05, 0) is 13.8 Å². The van der Waals surface area contributed by atoms with E-state index in [1.807, 2.05) is 13.8 Å². The van der Waals surface area contributed by atoms with Crippen LogP contribution in [-0.4, -0.2) is 25.7 Å². The number of ether oxygens (including phenoxy) is 2. The Kier molecular flexibility index (Phi) is 6.72. The highest BCUT2D eigenvalue weighted by atomic mass is 31.0. The summed E-state index contributed by atoms with van der Waals surface area (Å²) in [5.41, 5.74) is 0. The first-order valence-corrected chi connectivity index (χ1v) is 4.10. The Labute approximate surface area is 59.1 Å². The predicted molar refractivity (Wildman–Crippen MR) is 41.6 cm³/mol. The fourth-order valence-electron chi connectivity index (χ4n) is 0.556. The molecule has 0 saturated carbocycles. The summed E-state index contributed by atoms with van der Waals surface area (Å²) in [4.78, 5) is 0. The molecule has 2 nitrogen and oxygen atoms in total. The Morgan fingerprint density at radius 2 is 1.67 bits per heavy atom. The molecule has 1 unspecified atom stereocenters. The molecule has 9 heavy (non-hydrogen) atoms. The van der Waals surface area contributed by atoms with Gasteiger partial charge >= 0.3 is 0 Å². The van der Waals surface area contributed by atoms with Crippen molar-refractivity contribution in [2.45, 2.75) is 20.1 Å². The van der Waals surface area contributed by atoms with E-state index in [0.717, 1.165) is 19.4 Å². The second kappa shape index (κ2) is 6.47. The quantitative estimate of drug-likeness (QED) is 0.434. The first-order chi connectivity index (χ1) is 4.35. The van der Waals surface area contributed by atoms with Crippen LogP contribution >= 0.6 is 9.24 Å². The highest BCUT2D eigenvalue weighted by molar-refractivity contribution is 7.16. The molecule has 0 saturated heterocycles. The summed E-state index contributed by atoms with van der Waals surface area (Å²) < 4.78 is 10.4. The Bertz CT molecular complexity index is 53.0. The van der Waals surface area contributed by atoms with Gasteiger partial charge in [-0.1, -0.05) is 0 Å². The van der Waals surface area contributed by atoms with Gasteiger partial charge in [-0.25, -0.2) is 0 Å². The Balaban J connectivity index is 3.18. The standard InChI is InChI=1S/C6H15O2P/c1-3-7-6(5-9)8-4-2/h6H,3-5,9H2,1-2H3. The van der Waals surface area contributed by atoms with Gasteiger partial charge in [0.2, 0.25) is 0 Å². The van der Waals surface area contributed by atoms with Gasteiger partial charge in [0, 0.05) is 19.4 Å². The Hall–Kier alpha value is 0.350. The molecule has 0 fully saturated rings. The van der Waals surface area contributed by atoms with Gasteiger partial charge in [0.1, 0.15) is 0 Å². The summed E-state index contributed by atoms with van der Waals surface area (Å²) in [7, 11) is 2.59. The zero-order valence-electron chi connectivity index (χ0n) is 6.09. The van der Waals surface area contributed by atoms with E-state index in [9.17, 15) is 0 Å². The molecule has 56 valence electrons. The third kappa shape index (κ3) is 4.83. The largest absolute Gasteiger partial charge is 0.353 e. The lowest BCUT2D eigenvalue weighted by Crippen LogP contribution is -2.18. The molecular formula is C6H15O2P. The fourth-order valence-corrected chi connectivity index (χ4v) is 0.828. The molecule has 0 aromatic carbocycles. The van der Waals surface area contributed by atoms with E-state index in [2.05, 4.69) is 9.24 Å². The van der Waals surface area contributed by atoms with Crippen LogP contribution in [0.15, 0.2) is 0 Å². The monoisotopic (exact) mass is 150 g/mol. The molecule has 0 aromatic heterocycles. The topological polar surface area (TPSA) is 18.5 Å². The highest BCUT2D eigenvalue weighted by Crippen LogP contribution is 1.98. The van der Waals surface area contributed by atoms with Crippen LogP contribution in [0.5, 0.6) is 0 Å². The minimum atomic E-state index is -0.0231. The molecule has 0 bridgehead atoms. The van der Waals surface area contributed by atoms with Crippen molar-refractivity contribution >= 4 is 9.24 Å². The van der Waals surface area contributed by atoms with Gasteiger partial charge < -0.3 is 9.47 Å². The average Bonchev–Trinajstić information content (AvgIpc) is 1.88. The molecule has 0 aromatic rings. The minimum absolute atomic E-state index is 0.0231. The maximum atomic E-state index is 5.19. The van der Waals surface area contributed by atoms with Crippen LogP contribution in [0.2, 0.25) is 0 Å². The maximum Gasteiger partial charge on any atom is 0.160 e. The zero-order chi connectivity index (χ0) is 7.11. The second-order valence-electron chi connectivity index (χ2n) is 1.58. The maximum absolute atomic E-state index is 5.19. The lowest BCUT2D eigenvalue weighted by molar-refractivity contribution is -0.120. The van der Waals surface area contributed by atoms with Crippen LogP contribution in [0.4, 0.5) is 0 Å². The number of hydrogen-bond acceptors (Lipinski definition) is 2. The van der Waals surface area contributed by atoms with Crippen molar-refractivity contribution in [2.75, 3.05) is 19.4 Å². The predicted octanol–water partition coefficient (Wildman–Crippen LogP) is 1.26. The molecule has 0 amide bonds. The van der Waals surface area contributed by atoms with Crippen LogP contribution in [-0.2, 0) is 9.47 Å². The molecule has 1 atom stereocenters. The van der Waals surface area contributed by atoms with Crippen molar-refractivity contribution in [3.05, 3.63) is 0 Å². The van der Waals surface area contributed by atoms with Crippen LogP contribution in [0.3, 0.4) is 0 Å². The first kappa shape index (κ1) is 9.35. The second-order valence-corrected chi connectivity index (χ2v) is 2.05. The molecule has 0 aliphatic heterocycles. The van der Waals surface area contributed by atoms with Gasteiger partial charge in [-0.3, -0.25) is 0 Å². The SMILES string of the molecule is CCOC(CP)OCC. The normalized spacial score (nSPS) is 10.7. The summed E-state index contributed by atoms with van der Waals surface area (Å²) in [6.07, 6.45) is 0.826. The van der Waals surface area contributed by atoms with Crippen LogP contribution in [0.1, 0.15) is 13.8 Å².